The van der Waals surface area contributed by atoms with Gasteiger partial charge in [0.05, 0.1) is 23.6 Å². The average molecular weight is 466 g/mol. The monoisotopic (exact) mass is 465 g/mol. The normalized spacial score (nSPS) is 11.9. The van der Waals surface area contributed by atoms with E-state index in [9.17, 15) is 9.18 Å². The maximum atomic E-state index is 13.9. The molecular weight excluding hydrogens is 449 g/mol. The highest BCUT2D eigenvalue weighted by Gasteiger charge is 2.22. The predicted octanol–water partition coefficient (Wildman–Crippen LogP) is 3.69. The van der Waals surface area contributed by atoms with Gasteiger partial charge in [0.2, 0.25) is 11.1 Å². The van der Waals surface area contributed by atoms with Crippen molar-refractivity contribution < 1.29 is 13.9 Å². The number of nitrogens with zero attached hydrogens (tertiary/aromatic N) is 3. The van der Waals surface area contributed by atoms with Gasteiger partial charge in [0.15, 0.2) is 5.82 Å². The van der Waals surface area contributed by atoms with Crippen LogP contribution in [0, 0.1) is 5.82 Å². The van der Waals surface area contributed by atoms with Crippen LogP contribution in [0.5, 0.6) is 5.75 Å². The number of anilines is 1. The van der Waals surface area contributed by atoms with Crippen LogP contribution in [-0.2, 0) is 4.79 Å². The Morgan fingerprint density at radius 1 is 1.32 bits per heavy atom. The van der Waals surface area contributed by atoms with Crippen LogP contribution in [0.15, 0.2) is 52.1 Å². The van der Waals surface area contributed by atoms with E-state index in [4.69, 9.17) is 10.6 Å². The molecule has 0 saturated heterocycles. The third-order valence-electron chi connectivity index (χ3n) is 3.85. The molecule has 0 aliphatic rings. The first kappa shape index (κ1) is 20.2. The first-order valence-electron chi connectivity index (χ1n) is 8.17. The zero-order chi connectivity index (χ0) is 20.3. The van der Waals surface area contributed by atoms with Gasteiger partial charge in [0, 0.05) is 4.47 Å². The summed E-state index contributed by atoms with van der Waals surface area (Å²) in [6, 6.07) is 11.7. The first-order valence-corrected chi connectivity index (χ1v) is 9.84. The highest BCUT2D eigenvalue weighted by Crippen LogP contribution is 2.30. The summed E-state index contributed by atoms with van der Waals surface area (Å²) in [5.74, 6) is 6.23. The second-order valence-corrected chi connectivity index (χ2v) is 7.97. The maximum absolute atomic E-state index is 13.9. The summed E-state index contributed by atoms with van der Waals surface area (Å²) >= 11 is 4.29. The summed E-state index contributed by atoms with van der Waals surface area (Å²) in [5.41, 5.74) is 0.783. The van der Waals surface area contributed by atoms with Crippen LogP contribution in [0.3, 0.4) is 0 Å². The Bertz CT molecular complexity index is 1010. The third kappa shape index (κ3) is 4.28. The van der Waals surface area contributed by atoms with E-state index in [2.05, 4.69) is 31.4 Å². The Morgan fingerprint density at radius 2 is 2.07 bits per heavy atom. The second-order valence-electron chi connectivity index (χ2n) is 5.75. The van der Waals surface area contributed by atoms with E-state index in [0.717, 1.165) is 11.8 Å². The molecule has 28 heavy (non-hydrogen) atoms. The van der Waals surface area contributed by atoms with Gasteiger partial charge < -0.3 is 15.9 Å². The van der Waals surface area contributed by atoms with Crippen molar-refractivity contribution in [2.45, 2.75) is 17.3 Å². The largest absolute Gasteiger partial charge is 0.496 e. The maximum Gasteiger partial charge on any atom is 0.237 e. The van der Waals surface area contributed by atoms with Crippen LogP contribution < -0.4 is 15.9 Å². The zero-order valence-corrected chi connectivity index (χ0v) is 17.4. The molecule has 7 nitrogen and oxygen atoms in total. The number of nitrogen functional groups attached to an aromatic ring is 1. The van der Waals surface area contributed by atoms with E-state index < -0.39 is 11.1 Å². The number of benzene rings is 2. The molecule has 0 radical (unpaired) electrons. The zero-order valence-electron chi connectivity index (χ0n) is 15.0. The number of aromatic nitrogens is 3. The molecule has 3 rings (SSSR count). The number of carbonyl (C=O) groups is 1. The number of amides is 1. The van der Waals surface area contributed by atoms with Gasteiger partial charge in [0.25, 0.3) is 0 Å². The van der Waals surface area contributed by atoms with E-state index in [0.29, 0.717) is 26.8 Å². The van der Waals surface area contributed by atoms with E-state index in [1.165, 1.54) is 16.8 Å². The van der Waals surface area contributed by atoms with Gasteiger partial charge >= 0.3 is 0 Å². The molecule has 1 aromatic heterocycles. The Morgan fingerprint density at radius 3 is 2.79 bits per heavy atom. The number of halogens is 2. The van der Waals surface area contributed by atoms with E-state index in [1.807, 2.05) is 18.2 Å². The minimum absolute atomic E-state index is 0.101. The summed E-state index contributed by atoms with van der Waals surface area (Å²) < 4.78 is 21.1. The van der Waals surface area contributed by atoms with Gasteiger partial charge in [-0.15, -0.1) is 10.2 Å². The summed E-state index contributed by atoms with van der Waals surface area (Å²) in [5, 5.41) is 10.5. The smallest absolute Gasteiger partial charge is 0.237 e. The van der Waals surface area contributed by atoms with Crippen LogP contribution in [0.25, 0.3) is 11.4 Å². The van der Waals surface area contributed by atoms with Gasteiger partial charge in [-0.3, -0.25) is 4.79 Å². The van der Waals surface area contributed by atoms with Crippen molar-refractivity contribution in [3.63, 3.8) is 0 Å². The fourth-order valence-electron chi connectivity index (χ4n) is 2.41. The van der Waals surface area contributed by atoms with Gasteiger partial charge in [-0.25, -0.2) is 9.07 Å². The summed E-state index contributed by atoms with van der Waals surface area (Å²) in [7, 11) is 1.55. The number of methoxy groups -OCH3 is 1. The topological polar surface area (TPSA) is 95.1 Å². The third-order valence-corrected chi connectivity index (χ3v) is 5.40. The van der Waals surface area contributed by atoms with Crippen molar-refractivity contribution in [1.29, 1.82) is 0 Å². The summed E-state index contributed by atoms with van der Waals surface area (Å²) in [6.45, 7) is 1.67. The Balaban J connectivity index is 1.75. The highest BCUT2D eigenvalue weighted by atomic mass is 79.9. The number of nitrogens with two attached hydrogens (primary N) is 1. The first-order chi connectivity index (χ1) is 13.4. The molecule has 1 amide bonds. The molecule has 0 saturated carbocycles. The molecule has 1 atom stereocenters. The van der Waals surface area contributed by atoms with Crippen LogP contribution in [0.2, 0.25) is 0 Å². The molecule has 0 aliphatic carbocycles. The standard InChI is InChI=1S/C18H17BrFN5O2S/c1-10(17(26)22-14-8-7-11(19)9-13(14)20)28-18-24-23-16(25(18)21)12-5-3-4-6-15(12)27-2/h3-10H,21H2,1-2H3,(H,22,26). The number of nitrogens with one attached hydrogen (secondary N) is 1. The van der Waals surface area contributed by atoms with Crippen molar-refractivity contribution in [2.24, 2.45) is 0 Å². The van der Waals surface area contributed by atoms with Gasteiger partial charge in [-0.2, -0.15) is 0 Å². The molecule has 10 heteroatoms. The number of rotatable bonds is 6. The van der Waals surface area contributed by atoms with Crippen LogP contribution in [-0.4, -0.2) is 33.1 Å². The fraction of sp³-hybridized carbons (Fsp3) is 0.167. The summed E-state index contributed by atoms with van der Waals surface area (Å²) in [6.07, 6.45) is 0. The molecule has 1 unspecified atom stereocenters. The molecule has 0 aliphatic heterocycles. The van der Waals surface area contributed by atoms with Crippen molar-refractivity contribution >= 4 is 39.3 Å². The number of hydrogen-bond acceptors (Lipinski definition) is 6. The van der Waals surface area contributed by atoms with Crippen molar-refractivity contribution in [3.8, 4) is 17.1 Å². The fourth-order valence-corrected chi connectivity index (χ4v) is 3.51. The Kier molecular flexibility index (Phi) is 6.20. The molecule has 0 bridgehead atoms. The SMILES string of the molecule is COc1ccccc1-c1nnc(SC(C)C(=O)Nc2ccc(Br)cc2F)n1N. The molecule has 146 valence electrons. The van der Waals surface area contributed by atoms with Gasteiger partial charge in [0.1, 0.15) is 11.6 Å². The van der Waals surface area contributed by atoms with Crippen molar-refractivity contribution in [1.82, 2.24) is 14.9 Å². The van der Waals surface area contributed by atoms with E-state index in [1.54, 1.807) is 26.2 Å². The quantitative estimate of drug-likeness (QED) is 0.425. The average Bonchev–Trinajstić information content (AvgIpc) is 3.04. The number of hydrogen-bond donors (Lipinski definition) is 2. The number of ether oxygens (including phenoxy) is 1. The minimum atomic E-state index is -0.583. The molecule has 1 heterocycles. The molecule has 3 aromatic rings. The van der Waals surface area contributed by atoms with Gasteiger partial charge in [-0.1, -0.05) is 39.8 Å². The lowest BCUT2D eigenvalue weighted by Crippen LogP contribution is -2.24. The predicted molar refractivity (Wildman–Crippen MR) is 110 cm³/mol. The lowest BCUT2D eigenvalue weighted by atomic mass is 10.2. The van der Waals surface area contributed by atoms with E-state index in [-0.39, 0.29) is 11.6 Å². The lowest BCUT2D eigenvalue weighted by molar-refractivity contribution is -0.115. The molecular formula is C18H17BrFN5O2S. The molecule has 3 N–H and O–H groups in total. The second kappa shape index (κ2) is 8.61. The Hall–Kier alpha value is -2.59. The summed E-state index contributed by atoms with van der Waals surface area (Å²) in [4.78, 5) is 12.4. The number of thioether (sulfide) groups is 1. The van der Waals surface area contributed by atoms with Crippen LogP contribution >= 0.6 is 27.7 Å². The van der Waals surface area contributed by atoms with Crippen molar-refractivity contribution in [2.75, 3.05) is 18.3 Å². The molecule has 0 spiro atoms. The molecule has 0 fully saturated rings. The van der Waals surface area contributed by atoms with Crippen LogP contribution in [0.1, 0.15) is 6.92 Å². The van der Waals surface area contributed by atoms with Gasteiger partial charge in [-0.05, 0) is 37.3 Å². The highest BCUT2D eigenvalue weighted by molar-refractivity contribution is 9.10. The molecule has 2 aromatic carbocycles. The van der Waals surface area contributed by atoms with Crippen LogP contribution in [0.4, 0.5) is 10.1 Å². The number of carbonyl (C=O) groups excluding carboxylic acids is 1. The lowest BCUT2D eigenvalue weighted by Gasteiger charge is -2.12. The van der Waals surface area contributed by atoms with Crippen molar-refractivity contribution in [3.05, 3.63) is 52.8 Å². The number of para-hydroxylation sites is 1. The van der Waals surface area contributed by atoms with E-state index >= 15 is 0 Å². The Labute approximate surface area is 173 Å². The minimum Gasteiger partial charge on any atom is -0.496 e.